The molecule has 0 unspecified atom stereocenters. The van der Waals surface area contributed by atoms with Crippen LogP contribution >= 0.6 is 11.6 Å². The van der Waals surface area contributed by atoms with Gasteiger partial charge in [-0.2, -0.15) is 0 Å². The maximum absolute atomic E-state index is 12.5. The molecule has 5 heteroatoms. The highest BCUT2D eigenvalue weighted by Gasteiger charge is 2.15. The van der Waals surface area contributed by atoms with E-state index in [1.807, 2.05) is 48.5 Å². The summed E-state index contributed by atoms with van der Waals surface area (Å²) >= 11 is 6.15. The van der Waals surface area contributed by atoms with Crippen molar-refractivity contribution in [2.24, 2.45) is 0 Å². The van der Waals surface area contributed by atoms with Crippen LogP contribution in [0.2, 0.25) is 5.02 Å². The molecular weight excluding hydrogens is 418 g/mol. The van der Waals surface area contributed by atoms with Crippen molar-refractivity contribution in [3.63, 3.8) is 0 Å². The van der Waals surface area contributed by atoms with Gasteiger partial charge in [-0.3, -0.25) is 4.79 Å². The molecule has 2 aromatic heterocycles. The van der Waals surface area contributed by atoms with Gasteiger partial charge in [0.2, 0.25) is 5.91 Å². The summed E-state index contributed by atoms with van der Waals surface area (Å²) < 4.78 is 0. The Balaban J connectivity index is 1.39. The number of carbonyl (C=O) groups excluding carboxylic acids is 1. The lowest BCUT2D eigenvalue weighted by Gasteiger charge is -2.08. The molecule has 2 N–H and O–H groups in total. The van der Waals surface area contributed by atoms with Crippen molar-refractivity contribution in [3.05, 3.63) is 95.5 Å². The first kappa shape index (κ1) is 20.3. The Bertz CT molecular complexity index is 1420. The first-order valence-corrected chi connectivity index (χ1v) is 11.1. The molecule has 1 amide bonds. The van der Waals surface area contributed by atoms with Crippen molar-refractivity contribution in [1.82, 2.24) is 9.97 Å². The monoisotopic (exact) mass is 439 g/mol. The van der Waals surface area contributed by atoms with Crippen molar-refractivity contribution in [3.8, 4) is 11.4 Å². The number of aryl methyl sites for hydroxylation is 1. The predicted molar refractivity (Wildman–Crippen MR) is 132 cm³/mol. The summed E-state index contributed by atoms with van der Waals surface area (Å²) in [5.41, 5.74) is 5.81. The molecule has 0 radical (unpaired) electrons. The van der Waals surface area contributed by atoms with Crippen molar-refractivity contribution in [2.45, 2.75) is 19.3 Å². The van der Waals surface area contributed by atoms with Gasteiger partial charge in [-0.1, -0.05) is 66.2 Å². The van der Waals surface area contributed by atoms with Crippen molar-refractivity contribution >= 4 is 45.0 Å². The van der Waals surface area contributed by atoms with E-state index in [0.29, 0.717) is 17.1 Å². The average molecular weight is 440 g/mol. The molecular formula is C27H22ClN3O. The zero-order valence-electron chi connectivity index (χ0n) is 17.4. The van der Waals surface area contributed by atoms with Gasteiger partial charge >= 0.3 is 0 Å². The number of nitrogens with one attached hydrogen (secondary N) is 2. The number of anilines is 1. The summed E-state index contributed by atoms with van der Waals surface area (Å²) in [5.74, 6) is -0.0386. The third-order valence-electron chi connectivity index (χ3n) is 5.65. The van der Waals surface area contributed by atoms with Crippen molar-refractivity contribution < 1.29 is 4.79 Å². The van der Waals surface area contributed by atoms with Gasteiger partial charge in [0.15, 0.2) is 0 Å². The fourth-order valence-corrected chi connectivity index (χ4v) is 4.27. The van der Waals surface area contributed by atoms with E-state index in [2.05, 4.69) is 40.6 Å². The second-order valence-corrected chi connectivity index (χ2v) is 8.20. The van der Waals surface area contributed by atoms with Gasteiger partial charge in [0.05, 0.1) is 27.6 Å². The Hall–Kier alpha value is -3.63. The second-order valence-electron chi connectivity index (χ2n) is 7.79. The molecule has 0 spiro atoms. The first-order chi connectivity index (χ1) is 15.7. The molecule has 0 atom stereocenters. The number of H-pyrrole nitrogens is 1. The highest BCUT2D eigenvalue weighted by Crippen LogP contribution is 2.31. The molecule has 0 bridgehead atoms. The number of aromatic amines is 1. The number of pyridine rings is 1. The summed E-state index contributed by atoms with van der Waals surface area (Å²) in [6.45, 7) is 0. The maximum Gasteiger partial charge on any atom is 0.224 e. The van der Waals surface area contributed by atoms with Crippen LogP contribution in [0.25, 0.3) is 33.2 Å². The number of para-hydroxylation sites is 3. The number of halogens is 1. The highest BCUT2D eigenvalue weighted by molar-refractivity contribution is 6.33. The van der Waals surface area contributed by atoms with E-state index < -0.39 is 0 Å². The Kier molecular flexibility index (Phi) is 5.61. The number of amides is 1. The molecule has 0 saturated carbocycles. The minimum atomic E-state index is -0.0386. The van der Waals surface area contributed by atoms with Crippen LogP contribution < -0.4 is 5.32 Å². The van der Waals surface area contributed by atoms with Gasteiger partial charge in [0.25, 0.3) is 0 Å². The first-order valence-electron chi connectivity index (χ1n) is 10.7. The van der Waals surface area contributed by atoms with E-state index in [1.165, 1.54) is 10.9 Å². The highest BCUT2D eigenvalue weighted by atomic mass is 35.5. The lowest BCUT2D eigenvalue weighted by molar-refractivity contribution is -0.116. The fraction of sp³-hybridized carbons (Fsp3) is 0.111. The smallest absolute Gasteiger partial charge is 0.224 e. The maximum atomic E-state index is 12.5. The summed E-state index contributed by atoms with van der Waals surface area (Å²) in [4.78, 5) is 20.9. The standard InChI is InChI=1S/C27H22ClN3O/c28-21-11-3-6-14-24(21)30-26(32)15-7-10-20-19-9-2-5-13-23(19)31-27(20)25-17-16-18-8-1-4-12-22(18)29-25/h1-6,8-9,11-14,16-17,31H,7,10,15H2,(H,30,32). The number of hydrogen-bond donors (Lipinski definition) is 2. The van der Waals surface area contributed by atoms with Crippen LogP contribution in [-0.4, -0.2) is 15.9 Å². The number of nitrogens with zero attached hydrogens (tertiary/aromatic N) is 1. The molecule has 32 heavy (non-hydrogen) atoms. The molecule has 0 aliphatic heterocycles. The minimum absolute atomic E-state index is 0.0386. The molecule has 5 aromatic rings. The third-order valence-corrected chi connectivity index (χ3v) is 5.98. The minimum Gasteiger partial charge on any atom is -0.353 e. The summed E-state index contributed by atoms with van der Waals surface area (Å²) in [6, 6.07) is 27.8. The second kappa shape index (κ2) is 8.85. The van der Waals surface area contributed by atoms with Crippen LogP contribution in [0, 0.1) is 0 Å². The van der Waals surface area contributed by atoms with E-state index in [-0.39, 0.29) is 5.91 Å². The normalized spacial score (nSPS) is 11.2. The molecule has 2 heterocycles. The summed E-state index contributed by atoms with van der Waals surface area (Å²) in [6.07, 6.45) is 1.90. The van der Waals surface area contributed by atoms with Gasteiger partial charge in [-0.05, 0) is 48.7 Å². The molecule has 0 fully saturated rings. The topological polar surface area (TPSA) is 57.8 Å². The van der Waals surface area contributed by atoms with E-state index in [9.17, 15) is 4.79 Å². The Morgan fingerprint density at radius 2 is 1.69 bits per heavy atom. The summed E-state index contributed by atoms with van der Waals surface area (Å²) in [5, 5.41) is 5.73. The molecule has 0 aliphatic carbocycles. The van der Waals surface area contributed by atoms with Gasteiger partial charge in [0.1, 0.15) is 0 Å². The summed E-state index contributed by atoms with van der Waals surface area (Å²) in [7, 11) is 0. The van der Waals surface area contributed by atoms with Crippen LogP contribution in [0.3, 0.4) is 0 Å². The lowest BCUT2D eigenvalue weighted by Crippen LogP contribution is -2.11. The van der Waals surface area contributed by atoms with E-state index in [0.717, 1.165) is 40.6 Å². The molecule has 4 nitrogen and oxygen atoms in total. The van der Waals surface area contributed by atoms with Gasteiger partial charge < -0.3 is 10.3 Å². The van der Waals surface area contributed by atoms with Gasteiger partial charge in [-0.25, -0.2) is 4.98 Å². The van der Waals surface area contributed by atoms with Gasteiger partial charge in [-0.15, -0.1) is 0 Å². The predicted octanol–water partition coefficient (Wildman–Crippen LogP) is 7.00. The van der Waals surface area contributed by atoms with Crippen molar-refractivity contribution in [2.75, 3.05) is 5.32 Å². The number of carbonyl (C=O) groups is 1. The number of benzene rings is 3. The van der Waals surface area contributed by atoms with Crippen molar-refractivity contribution in [1.29, 1.82) is 0 Å². The van der Waals surface area contributed by atoms with Crippen LogP contribution in [0.5, 0.6) is 0 Å². The Morgan fingerprint density at radius 3 is 2.59 bits per heavy atom. The Labute approximate surface area is 191 Å². The van der Waals surface area contributed by atoms with Gasteiger partial charge in [0, 0.05) is 22.7 Å². The number of hydrogen-bond acceptors (Lipinski definition) is 2. The van der Waals surface area contributed by atoms with E-state index in [4.69, 9.17) is 16.6 Å². The van der Waals surface area contributed by atoms with E-state index in [1.54, 1.807) is 6.07 Å². The number of rotatable bonds is 6. The average Bonchev–Trinajstić information content (AvgIpc) is 3.19. The zero-order valence-corrected chi connectivity index (χ0v) is 18.2. The molecule has 3 aromatic carbocycles. The van der Waals surface area contributed by atoms with E-state index >= 15 is 0 Å². The van der Waals surface area contributed by atoms with Crippen LogP contribution in [0.4, 0.5) is 5.69 Å². The van der Waals surface area contributed by atoms with Crippen LogP contribution in [0.15, 0.2) is 84.9 Å². The quantitative estimate of drug-likeness (QED) is 0.299. The van der Waals surface area contributed by atoms with Crippen LogP contribution in [-0.2, 0) is 11.2 Å². The number of fused-ring (bicyclic) bond motifs is 2. The Morgan fingerprint density at radius 1 is 0.906 bits per heavy atom. The number of aromatic nitrogens is 2. The molecule has 158 valence electrons. The molecule has 0 saturated heterocycles. The molecule has 0 aliphatic rings. The van der Waals surface area contributed by atoms with Crippen LogP contribution in [0.1, 0.15) is 18.4 Å². The zero-order chi connectivity index (χ0) is 21.9. The molecule has 5 rings (SSSR count). The fourth-order valence-electron chi connectivity index (χ4n) is 4.08. The SMILES string of the molecule is O=C(CCCc1c(-c2ccc3ccccc3n2)[nH]c2ccccc12)Nc1ccccc1Cl. The lowest BCUT2D eigenvalue weighted by atomic mass is 10.0. The third kappa shape index (κ3) is 4.10. The largest absolute Gasteiger partial charge is 0.353 e.